The van der Waals surface area contributed by atoms with E-state index >= 15 is 0 Å². The van der Waals surface area contributed by atoms with E-state index < -0.39 is 0 Å². The zero-order valence-electron chi connectivity index (χ0n) is 17.5. The lowest BCUT2D eigenvalue weighted by Crippen LogP contribution is -2.31. The standard InChI is InChI=1S/C24H43NO/c1-3-5-7-9-11-16-20-25(21-17-12-10-8-6-4-2)22-24(26)23-18-14-13-15-19-23/h13-15,18-19,24,26H,3-12,16-17,20-22H2,1-2H3. The Kier molecular flexibility index (Phi) is 14.6. The summed E-state index contributed by atoms with van der Waals surface area (Å²) >= 11 is 0. The Labute approximate surface area is 163 Å². The molecule has 0 amide bonds. The van der Waals surface area contributed by atoms with Crippen molar-refractivity contribution >= 4 is 0 Å². The number of hydrogen-bond donors (Lipinski definition) is 1. The first-order valence-electron chi connectivity index (χ1n) is 11.2. The van der Waals surface area contributed by atoms with Gasteiger partial charge in [0.15, 0.2) is 0 Å². The van der Waals surface area contributed by atoms with E-state index in [-0.39, 0.29) is 6.10 Å². The Bertz CT molecular complexity index is 390. The molecule has 1 unspecified atom stereocenters. The van der Waals surface area contributed by atoms with Gasteiger partial charge in [0, 0.05) is 6.54 Å². The van der Waals surface area contributed by atoms with Crippen molar-refractivity contribution in [2.75, 3.05) is 19.6 Å². The molecule has 0 spiro atoms. The van der Waals surface area contributed by atoms with Gasteiger partial charge in [-0.15, -0.1) is 0 Å². The summed E-state index contributed by atoms with van der Waals surface area (Å²) in [5.74, 6) is 0. The molecule has 0 radical (unpaired) electrons. The molecule has 1 rings (SSSR count). The van der Waals surface area contributed by atoms with E-state index in [0.29, 0.717) is 0 Å². The van der Waals surface area contributed by atoms with Crippen molar-refractivity contribution in [3.8, 4) is 0 Å². The second-order valence-electron chi connectivity index (χ2n) is 7.76. The van der Waals surface area contributed by atoms with E-state index in [1.54, 1.807) is 0 Å². The van der Waals surface area contributed by atoms with Crippen LogP contribution in [0.3, 0.4) is 0 Å². The minimum Gasteiger partial charge on any atom is -0.387 e. The quantitative estimate of drug-likeness (QED) is 0.310. The molecule has 0 aliphatic carbocycles. The summed E-state index contributed by atoms with van der Waals surface area (Å²) in [6.07, 6.45) is 15.7. The fourth-order valence-electron chi connectivity index (χ4n) is 3.55. The number of aliphatic hydroxyl groups is 1. The van der Waals surface area contributed by atoms with Crippen LogP contribution in [0.25, 0.3) is 0 Å². The molecule has 0 bridgehead atoms. The van der Waals surface area contributed by atoms with Crippen LogP contribution in [-0.4, -0.2) is 29.6 Å². The highest BCUT2D eigenvalue weighted by molar-refractivity contribution is 5.17. The normalized spacial score (nSPS) is 12.6. The van der Waals surface area contributed by atoms with Gasteiger partial charge in [0.2, 0.25) is 0 Å². The first kappa shape index (κ1) is 23.2. The van der Waals surface area contributed by atoms with E-state index in [1.165, 1.54) is 77.0 Å². The molecular formula is C24H43NO. The van der Waals surface area contributed by atoms with Gasteiger partial charge in [-0.25, -0.2) is 0 Å². The lowest BCUT2D eigenvalue weighted by molar-refractivity contribution is 0.110. The number of aliphatic hydroxyl groups excluding tert-OH is 1. The molecule has 26 heavy (non-hydrogen) atoms. The maximum absolute atomic E-state index is 10.6. The first-order valence-corrected chi connectivity index (χ1v) is 11.2. The van der Waals surface area contributed by atoms with E-state index in [1.807, 2.05) is 30.3 Å². The fraction of sp³-hybridized carbons (Fsp3) is 0.750. The van der Waals surface area contributed by atoms with Crippen molar-refractivity contribution in [2.45, 2.75) is 97.0 Å². The Hall–Kier alpha value is -0.860. The van der Waals surface area contributed by atoms with Gasteiger partial charge in [-0.3, -0.25) is 0 Å². The van der Waals surface area contributed by atoms with Gasteiger partial charge in [0.25, 0.3) is 0 Å². The Morgan fingerprint density at radius 3 is 1.65 bits per heavy atom. The third-order valence-corrected chi connectivity index (χ3v) is 5.27. The van der Waals surface area contributed by atoms with Gasteiger partial charge in [-0.1, -0.05) is 108 Å². The predicted octanol–water partition coefficient (Wildman–Crippen LogP) is 6.74. The topological polar surface area (TPSA) is 23.5 Å². The molecule has 1 atom stereocenters. The smallest absolute Gasteiger partial charge is 0.0916 e. The molecule has 0 saturated heterocycles. The van der Waals surface area contributed by atoms with Gasteiger partial charge in [0.05, 0.1) is 6.10 Å². The largest absolute Gasteiger partial charge is 0.387 e. The number of rotatable bonds is 17. The average molecular weight is 362 g/mol. The average Bonchev–Trinajstić information content (AvgIpc) is 2.67. The van der Waals surface area contributed by atoms with Crippen molar-refractivity contribution in [3.05, 3.63) is 35.9 Å². The van der Waals surface area contributed by atoms with Crippen LogP contribution >= 0.6 is 0 Å². The van der Waals surface area contributed by atoms with Crippen molar-refractivity contribution in [3.63, 3.8) is 0 Å². The lowest BCUT2D eigenvalue weighted by Gasteiger charge is -2.25. The Morgan fingerprint density at radius 1 is 0.692 bits per heavy atom. The molecule has 0 heterocycles. The van der Waals surface area contributed by atoms with Crippen molar-refractivity contribution < 1.29 is 5.11 Å². The summed E-state index contributed by atoms with van der Waals surface area (Å²) in [7, 11) is 0. The summed E-state index contributed by atoms with van der Waals surface area (Å²) in [6.45, 7) is 7.57. The molecule has 2 heteroatoms. The molecule has 0 saturated carbocycles. The number of hydrogen-bond acceptors (Lipinski definition) is 2. The summed E-state index contributed by atoms with van der Waals surface area (Å²) in [4.78, 5) is 2.50. The molecule has 1 aromatic carbocycles. The molecule has 2 nitrogen and oxygen atoms in total. The molecular weight excluding hydrogens is 318 g/mol. The minimum absolute atomic E-state index is 0.364. The van der Waals surface area contributed by atoms with Crippen LogP contribution in [0, 0.1) is 0 Å². The fourth-order valence-corrected chi connectivity index (χ4v) is 3.55. The van der Waals surface area contributed by atoms with Crippen LogP contribution in [0.1, 0.15) is 103 Å². The zero-order valence-corrected chi connectivity index (χ0v) is 17.5. The molecule has 1 aromatic rings. The highest BCUT2D eigenvalue weighted by Crippen LogP contribution is 2.16. The van der Waals surface area contributed by atoms with Crippen LogP contribution < -0.4 is 0 Å². The summed E-state index contributed by atoms with van der Waals surface area (Å²) in [5.41, 5.74) is 1.04. The van der Waals surface area contributed by atoms with Crippen LogP contribution in [0.5, 0.6) is 0 Å². The van der Waals surface area contributed by atoms with Gasteiger partial charge in [-0.05, 0) is 31.5 Å². The van der Waals surface area contributed by atoms with Crippen molar-refractivity contribution in [2.24, 2.45) is 0 Å². The zero-order chi connectivity index (χ0) is 18.9. The van der Waals surface area contributed by atoms with Crippen molar-refractivity contribution in [1.82, 2.24) is 4.90 Å². The molecule has 1 N–H and O–H groups in total. The summed E-state index contributed by atoms with van der Waals surface area (Å²) in [5, 5.41) is 10.6. The molecule has 0 fully saturated rings. The highest BCUT2D eigenvalue weighted by atomic mass is 16.3. The minimum atomic E-state index is -0.364. The second-order valence-corrected chi connectivity index (χ2v) is 7.76. The van der Waals surface area contributed by atoms with E-state index in [2.05, 4.69) is 18.7 Å². The van der Waals surface area contributed by atoms with Crippen molar-refractivity contribution in [1.29, 1.82) is 0 Å². The molecule has 0 aromatic heterocycles. The second kappa shape index (κ2) is 16.3. The van der Waals surface area contributed by atoms with Crippen LogP contribution in [0.15, 0.2) is 30.3 Å². The third kappa shape index (κ3) is 11.7. The maximum Gasteiger partial charge on any atom is 0.0916 e. The molecule has 0 aliphatic heterocycles. The third-order valence-electron chi connectivity index (χ3n) is 5.27. The number of benzene rings is 1. The SMILES string of the molecule is CCCCCCCCN(CCCCCCCC)CC(O)c1ccccc1. The summed E-state index contributed by atoms with van der Waals surface area (Å²) in [6, 6.07) is 10.1. The van der Waals surface area contributed by atoms with Gasteiger partial charge < -0.3 is 10.0 Å². The predicted molar refractivity (Wildman–Crippen MR) is 115 cm³/mol. The highest BCUT2D eigenvalue weighted by Gasteiger charge is 2.13. The molecule has 0 aliphatic rings. The van der Waals surface area contributed by atoms with Crippen LogP contribution in [0.2, 0.25) is 0 Å². The lowest BCUT2D eigenvalue weighted by atomic mass is 10.1. The monoisotopic (exact) mass is 361 g/mol. The van der Waals surface area contributed by atoms with E-state index in [9.17, 15) is 5.11 Å². The maximum atomic E-state index is 10.6. The van der Waals surface area contributed by atoms with E-state index in [0.717, 1.165) is 25.2 Å². The summed E-state index contributed by atoms with van der Waals surface area (Å²) < 4.78 is 0. The number of unbranched alkanes of at least 4 members (excludes halogenated alkanes) is 10. The first-order chi connectivity index (χ1) is 12.8. The van der Waals surface area contributed by atoms with Crippen LogP contribution in [0.4, 0.5) is 0 Å². The number of nitrogens with zero attached hydrogens (tertiary/aromatic N) is 1. The van der Waals surface area contributed by atoms with E-state index in [4.69, 9.17) is 0 Å². The Morgan fingerprint density at radius 2 is 1.15 bits per heavy atom. The van der Waals surface area contributed by atoms with Gasteiger partial charge >= 0.3 is 0 Å². The van der Waals surface area contributed by atoms with Gasteiger partial charge in [0.1, 0.15) is 0 Å². The molecule has 150 valence electrons. The van der Waals surface area contributed by atoms with Gasteiger partial charge in [-0.2, -0.15) is 0 Å². The van der Waals surface area contributed by atoms with Crippen LogP contribution in [-0.2, 0) is 0 Å². The Balaban J connectivity index is 2.33.